The summed E-state index contributed by atoms with van der Waals surface area (Å²) in [5, 5.41) is 10.2. The maximum Gasteiger partial charge on any atom is 0.266 e. The molecule has 1 heterocycles. The minimum Gasteiger partial charge on any atom is -0.497 e. The zero-order valence-corrected chi connectivity index (χ0v) is 27.5. The van der Waals surface area contributed by atoms with E-state index in [1.54, 1.807) is 19.2 Å². The summed E-state index contributed by atoms with van der Waals surface area (Å²) >= 11 is 12.4. The smallest absolute Gasteiger partial charge is 0.266 e. The topological polar surface area (TPSA) is 101 Å². The molecule has 4 aromatic carbocycles. The molecule has 0 spiro atoms. The molecule has 1 aliphatic rings. The number of hydrogen-bond acceptors (Lipinski definition) is 7. The van der Waals surface area contributed by atoms with E-state index in [0.717, 1.165) is 16.7 Å². The van der Waals surface area contributed by atoms with E-state index in [9.17, 15) is 4.79 Å². The number of amides is 1. The van der Waals surface area contributed by atoms with E-state index in [-0.39, 0.29) is 18.9 Å². The summed E-state index contributed by atoms with van der Waals surface area (Å²) in [5.74, 6) is 1.26. The summed E-state index contributed by atoms with van der Waals surface area (Å²) in [4.78, 5) is 19.4. The largest absolute Gasteiger partial charge is 0.497 e. The van der Waals surface area contributed by atoms with Crippen molar-refractivity contribution >= 4 is 41.1 Å². The standard InChI is InChI=1S/C37H37Cl2N3O5/c1-45-32-12-5-11-29(24-32)34-37(20-6-10-26-8-3-2-4-9-26,36(44)42-40-21-19-27-13-16-30(38)25-33(27)39)41-35(47-34)28-14-17-31(18-15-28)46-23-7-22-43/h2-6,8-18,24-25,34,40,43H,7,19-23H2,1H3,(H,42,44)/b10-6+/t34-,37-/m0/s1. The monoisotopic (exact) mass is 673 g/mol. The van der Waals surface area contributed by atoms with E-state index in [4.69, 9.17) is 47.5 Å². The fourth-order valence-electron chi connectivity index (χ4n) is 5.23. The quantitative estimate of drug-likeness (QED) is 0.0929. The second kappa shape index (κ2) is 16.5. The second-order valence-electron chi connectivity index (χ2n) is 10.9. The molecule has 47 heavy (non-hydrogen) atoms. The van der Waals surface area contributed by atoms with Gasteiger partial charge < -0.3 is 19.3 Å². The van der Waals surface area contributed by atoms with Gasteiger partial charge in [-0.2, -0.15) is 0 Å². The lowest BCUT2D eigenvalue weighted by atomic mass is 9.84. The number of aliphatic hydroxyl groups is 1. The van der Waals surface area contributed by atoms with Crippen LogP contribution in [0.5, 0.6) is 11.5 Å². The number of hydrogen-bond donors (Lipinski definition) is 3. The van der Waals surface area contributed by atoms with Crippen molar-refractivity contribution in [2.45, 2.75) is 30.9 Å². The predicted molar refractivity (Wildman–Crippen MR) is 186 cm³/mol. The van der Waals surface area contributed by atoms with Gasteiger partial charge >= 0.3 is 0 Å². The van der Waals surface area contributed by atoms with Crippen LogP contribution >= 0.6 is 23.2 Å². The van der Waals surface area contributed by atoms with Crippen LogP contribution in [-0.4, -0.2) is 49.3 Å². The number of nitrogens with zero attached hydrogens (tertiary/aromatic N) is 1. The Hall–Kier alpha value is -4.34. The van der Waals surface area contributed by atoms with Gasteiger partial charge in [-0.1, -0.05) is 83.9 Å². The fraction of sp³-hybridized carbons (Fsp3) is 0.243. The molecule has 0 unspecified atom stereocenters. The number of halogens is 2. The molecular weight excluding hydrogens is 637 g/mol. The highest BCUT2D eigenvalue weighted by molar-refractivity contribution is 6.35. The number of carbonyl (C=O) groups is 1. The zero-order valence-electron chi connectivity index (χ0n) is 26.0. The molecule has 0 fully saturated rings. The number of hydrazine groups is 1. The summed E-state index contributed by atoms with van der Waals surface area (Å²) in [6.07, 6.45) is 4.49. The molecule has 0 saturated heterocycles. The van der Waals surface area contributed by atoms with Crippen LogP contribution in [0.4, 0.5) is 0 Å². The number of rotatable bonds is 15. The lowest BCUT2D eigenvalue weighted by molar-refractivity contribution is -0.129. The van der Waals surface area contributed by atoms with E-state index in [0.29, 0.717) is 59.0 Å². The van der Waals surface area contributed by atoms with Crippen LogP contribution in [0.25, 0.3) is 6.08 Å². The third kappa shape index (κ3) is 8.73. The summed E-state index contributed by atoms with van der Waals surface area (Å²) < 4.78 is 17.8. The minimum atomic E-state index is -1.38. The van der Waals surface area contributed by atoms with Crippen LogP contribution in [0.15, 0.2) is 108 Å². The summed E-state index contributed by atoms with van der Waals surface area (Å²) in [7, 11) is 1.60. The van der Waals surface area contributed by atoms with Gasteiger partial charge in [-0.15, -0.1) is 0 Å². The number of nitrogens with one attached hydrogen (secondary N) is 2. The van der Waals surface area contributed by atoms with Crippen LogP contribution in [0.3, 0.4) is 0 Å². The number of aliphatic imine (C=N–C) groups is 1. The number of aliphatic hydroxyl groups excluding tert-OH is 1. The maximum absolute atomic E-state index is 14.3. The highest BCUT2D eigenvalue weighted by Crippen LogP contribution is 2.43. The lowest BCUT2D eigenvalue weighted by Gasteiger charge is -2.30. The first kappa shape index (κ1) is 34.0. The molecule has 10 heteroatoms. The van der Waals surface area contributed by atoms with Crippen molar-refractivity contribution in [1.29, 1.82) is 0 Å². The highest BCUT2D eigenvalue weighted by atomic mass is 35.5. The number of methoxy groups -OCH3 is 1. The molecule has 1 aliphatic heterocycles. The Labute approximate surface area is 285 Å². The molecule has 3 N–H and O–H groups in total. The first-order valence-electron chi connectivity index (χ1n) is 15.4. The van der Waals surface area contributed by atoms with Gasteiger partial charge in [0.25, 0.3) is 5.91 Å². The Kier molecular flexibility index (Phi) is 11.9. The maximum atomic E-state index is 14.3. The first-order valence-corrected chi connectivity index (χ1v) is 16.1. The molecule has 0 aromatic heterocycles. The molecule has 0 saturated carbocycles. The SMILES string of the molecule is COc1cccc([C@@H]2OC(c3ccc(OCCCO)cc3)=N[C@]2(C/C=C/c2ccccc2)C(=O)NNCCc2ccc(Cl)cc2Cl)c1. The summed E-state index contributed by atoms with van der Waals surface area (Å²) in [5.41, 5.74) is 7.92. The van der Waals surface area contributed by atoms with Crippen LogP contribution < -0.4 is 20.3 Å². The third-order valence-electron chi connectivity index (χ3n) is 7.70. The van der Waals surface area contributed by atoms with E-state index in [1.807, 2.05) is 97.1 Å². The minimum absolute atomic E-state index is 0.0565. The Morgan fingerprint density at radius 2 is 1.81 bits per heavy atom. The Morgan fingerprint density at radius 3 is 2.55 bits per heavy atom. The van der Waals surface area contributed by atoms with Crippen LogP contribution in [0, 0.1) is 0 Å². The predicted octanol–water partition coefficient (Wildman–Crippen LogP) is 6.99. The Bertz CT molecular complexity index is 1700. The van der Waals surface area contributed by atoms with Crippen molar-refractivity contribution in [3.8, 4) is 11.5 Å². The van der Waals surface area contributed by atoms with Gasteiger partial charge in [0, 0.05) is 41.6 Å². The number of benzene rings is 4. The number of ether oxygens (including phenoxy) is 3. The molecule has 8 nitrogen and oxygen atoms in total. The van der Waals surface area contributed by atoms with E-state index in [2.05, 4.69) is 10.9 Å². The molecule has 1 amide bonds. The van der Waals surface area contributed by atoms with Gasteiger partial charge in [-0.05, 0) is 71.6 Å². The zero-order chi connectivity index (χ0) is 33.1. The van der Waals surface area contributed by atoms with Crippen molar-refractivity contribution in [2.75, 3.05) is 26.9 Å². The first-order chi connectivity index (χ1) is 22.9. The highest BCUT2D eigenvalue weighted by Gasteiger charge is 2.52. The Balaban J connectivity index is 1.46. The summed E-state index contributed by atoms with van der Waals surface area (Å²) in [6.45, 7) is 0.877. The normalized spacial score (nSPS) is 17.3. The van der Waals surface area contributed by atoms with Crippen molar-refractivity contribution in [2.24, 2.45) is 4.99 Å². The van der Waals surface area contributed by atoms with Gasteiger partial charge in [-0.3, -0.25) is 10.2 Å². The van der Waals surface area contributed by atoms with Gasteiger partial charge in [0.15, 0.2) is 11.6 Å². The lowest BCUT2D eigenvalue weighted by Crippen LogP contribution is -2.52. The molecule has 2 atom stereocenters. The fourth-order valence-corrected chi connectivity index (χ4v) is 5.73. The van der Waals surface area contributed by atoms with Crippen LogP contribution in [0.1, 0.15) is 41.2 Å². The molecule has 4 aromatic rings. The molecule has 0 radical (unpaired) electrons. The van der Waals surface area contributed by atoms with Crippen molar-refractivity contribution in [1.82, 2.24) is 10.9 Å². The third-order valence-corrected chi connectivity index (χ3v) is 8.29. The average molecular weight is 675 g/mol. The van der Waals surface area contributed by atoms with E-state index in [1.165, 1.54) is 0 Å². The second-order valence-corrected chi connectivity index (χ2v) is 11.8. The van der Waals surface area contributed by atoms with Crippen molar-refractivity contribution < 1.29 is 24.1 Å². The van der Waals surface area contributed by atoms with Gasteiger partial charge in [0.05, 0.1) is 13.7 Å². The molecule has 0 aliphatic carbocycles. The van der Waals surface area contributed by atoms with E-state index < -0.39 is 11.6 Å². The van der Waals surface area contributed by atoms with Crippen molar-refractivity contribution in [3.05, 3.63) is 135 Å². The average Bonchev–Trinajstić information content (AvgIpc) is 3.49. The van der Waals surface area contributed by atoms with Crippen molar-refractivity contribution in [3.63, 3.8) is 0 Å². The van der Waals surface area contributed by atoms with Crippen LogP contribution in [0.2, 0.25) is 10.0 Å². The van der Waals surface area contributed by atoms with E-state index >= 15 is 0 Å². The number of carbonyl (C=O) groups excluding carboxylic acids is 1. The van der Waals surface area contributed by atoms with Crippen LogP contribution in [-0.2, 0) is 16.0 Å². The van der Waals surface area contributed by atoms with Gasteiger partial charge in [-0.25, -0.2) is 10.4 Å². The molecule has 0 bridgehead atoms. The molecule has 244 valence electrons. The van der Waals surface area contributed by atoms with Gasteiger partial charge in [0.1, 0.15) is 11.5 Å². The Morgan fingerprint density at radius 1 is 1.00 bits per heavy atom. The molecular formula is C37H37Cl2N3O5. The summed E-state index contributed by atoms with van der Waals surface area (Å²) in [6, 6.07) is 30.0. The van der Waals surface area contributed by atoms with Gasteiger partial charge in [0.2, 0.25) is 5.90 Å². The molecule has 5 rings (SSSR count).